The Labute approximate surface area is 102 Å². The summed E-state index contributed by atoms with van der Waals surface area (Å²) >= 11 is 0. The molecule has 94 valence electrons. The lowest BCUT2D eigenvalue weighted by Gasteiger charge is -2.18. The lowest BCUT2D eigenvalue weighted by molar-refractivity contribution is 0.389. The second-order valence-electron chi connectivity index (χ2n) is 4.60. The molecule has 2 N–H and O–H groups in total. The van der Waals surface area contributed by atoms with Gasteiger partial charge in [0.15, 0.2) is 0 Å². The van der Waals surface area contributed by atoms with Crippen molar-refractivity contribution in [2.45, 2.75) is 12.0 Å². The summed E-state index contributed by atoms with van der Waals surface area (Å²) < 4.78 is 10.7. The number of benzene rings is 1. The highest BCUT2D eigenvalue weighted by atomic mass is 16.5. The normalized spacial score (nSPS) is 24.9. The molecular formula is C13H20N2O2. The van der Waals surface area contributed by atoms with E-state index in [1.165, 1.54) is 0 Å². The summed E-state index contributed by atoms with van der Waals surface area (Å²) in [6.07, 6.45) is 0. The highest BCUT2D eigenvalue weighted by Crippen LogP contribution is 2.34. The fourth-order valence-electron chi connectivity index (χ4n) is 2.49. The number of hydrogen-bond acceptors (Lipinski definition) is 4. The molecular weight excluding hydrogens is 216 g/mol. The van der Waals surface area contributed by atoms with Crippen LogP contribution in [-0.2, 0) is 0 Å². The first-order chi connectivity index (χ1) is 8.15. The molecule has 1 aromatic carbocycles. The van der Waals surface area contributed by atoms with Gasteiger partial charge < -0.3 is 20.1 Å². The van der Waals surface area contributed by atoms with Crippen LogP contribution >= 0.6 is 0 Å². The first kappa shape index (κ1) is 12.2. The molecule has 4 nitrogen and oxygen atoms in total. The molecule has 2 rings (SSSR count). The topological polar surface area (TPSA) is 47.7 Å². The van der Waals surface area contributed by atoms with Crippen LogP contribution in [0.25, 0.3) is 0 Å². The number of likely N-dealkylation sites (N-methyl/N-ethyl adjacent to an activating group) is 1. The van der Waals surface area contributed by atoms with Crippen molar-refractivity contribution >= 4 is 0 Å². The number of hydrogen-bond donors (Lipinski definition) is 1. The van der Waals surface area contributed by atoms with Gasteiger partial charge in [-0.2, -0.15) is 0 Å². The van der Waals surface area contributed by atoms with Gasteiger partial charge in [0.1, 0.15) is 11.5 Å². The zero-order valence-electron chi connectivity index (χ0n) is 10.6. The molecule has 0 radical (unpaired) electrons. The largest absolute Gasteiger partial charge is 0.497 e. The Morgan fingerprint density at radius 3 is 2.53 bits per heavy atom. The molecule has 2 atom stereocenters. The van der Waals surface area contributed by atoms with E-state index in [9.17, 15) is 0 Å². The van der Waals surface area contributed by atoms with E-state index in [2.05, 4.69) is 11.9 Å². The lowest BCUT2D eigenvalue weighted by atomic mass is 9.94. The summed E-state index contributed by atoms with van der Waals surface area (Å²) in [6.45, 7) is 1.88. The zero-order valence-corrected chi connectivity index (χ0v) is 10.6. The third-order valence-electron chi connectivity index (χ3n) is 3.38. The quantitative estimate of drug-likeness (QED) is 0.852. The highest BCUT2D eigenvalue weighted by molar-refractivity contribution is 5.43. The van der Waals surface area contributed by atoms with Crippen LogP contribution in [0.3, 0.4) is 0 Å². The van der Waals surface area contributed by atoms with Crippen LogP contribution in [0, 0.1) is 0 Å². The lowest BCUT2D eigenvalue weighted by Crippen LogP contribution is -2.28. The van der Waals surface area contributed by atoms with Crippen LogP contribution in [0.5, 0.6) is 11.5 Å². The van der Waals surface area contributed by atoms with E-state index in [1.54, 1.807) is 14.2 Å². The molecule has 0 saturated carbocycles. The van der Waals surface area contributed by atoms with E-state index in [4.69, 9.17) is 15.2 Å². The van der Waals surface area contributed by atoms with E-state index in [0.29, 0.717) is 5.92 Å². The molecule has 0 spiro atoms. The van der Waals surface area contributed by atoms with Crippen molar-refractivity contribution in [2.24, 2.45) is 5.73 Å². The Morgan fingerprint density at radius 1 is 1.24 bits per heavy atom. The van der Waals surface area contributed by atoms with Crippen molar-refractivity contribution in [3.8, 4) is 11.5 Å². The van der Waals surface area contributed by atoms with Crippen molar-refractivity contribution in [2.75, 3.05) is 34.4 Å². The van der Waals surface area contributed by atoms with Crippen molar-refractivity contribution in [1.82, 2.24) is 4.90 Å². The highest BCUT2D eigenvalue weighted by Gasteiger charge is 2.31. The SMILES string of the molecule is COc1ccc(OC)c(C2CN(C)CC2N)c1. The van der Waals surface area contributed by atoms with Gasteiger partial charge in [-0.05, 0) is 25.2 Å². The van der Waals surface area contributed by atoms with Crippen LogP contribution in [0.15, 0.2) is 18.2 Å². The molecule has 1 aliphatic rings. The number of rotatable bonds is 3. The summed E-state index contributed by atoms with van der Waals surface area (Å²) in [6, 6.07) is 6.04. The van der Waals surface area contributed by atoms with Crippen molar-refractivity contribution in [3.63, 3.8) is 0 Å². The minimum absolute atomic E-state index is 0.154. The van der Waals surface area contributed by atoms with E-state index in [1.807, 2.05) is 18.2 Å². The summed E-state index contributed by atoms with van der Waals surface area (Å²) in [5.74, 6) is 2.05. The summed E-state index contributed by atoms with van der Waals surface area (Å²) in [7, 11) is 5.45. The molecule has 1 aliphatic heterocycles. The third kappa shape index (κ3) is 2.37. The van der Waals surface area contributed by atoms with E-state index < -0.39 is 0 Å². The van der Waals surface area contributed by atoms with Gasteiger partial charge in [0.05, 0.1) is 14.2 Å². The van der Waals surface area contributed by atoms with Crippen molar-refractivity contribution in [1.29, 1.82) is 0 Å². The van der Waals surface area contributed by atoms with E-state index >= 15 is 0 Å². The fraction of sp³-hybridized carbons (Fsp3) is 0.538. The smallest absolute Gasteiger partial charge is 0.122 e. The van der Waals surface area contributed by atoms with Crippen LogP contribution in [-0.4, -0.2) is 45.3 Å². The summed E-state index contributed by atoms with van der Waals surface area (Å²) in [5.41, 5.74) is 7.32. The first-order valence-corrected chi connectivity index (χ1v) is 5.81. The van der Waals surface area contributed by atoms with Gasteiger partial charge in [0.2, 0.25) is 0 Å². The van der Waals surface area contributed by atoms with Crippen LogP contribution in [0.1, 0.15) is 11.5 Å². The molecule has 1 fully saturated rings. The van der Waals surface area contributed by atoms with Gasteiger partial charge in [-0.1, -0.05) is 0 Å². The molecule has 1 aromatic rings. The number of likely N-dealkylation sites (tertiary alicyclic amines) is 1. The fourth-order valence-corrected chi connectivity index (χ4v) is 2.49. The average Bonchev–Trinajstić information content (AvgIpc) is 2.67. The predicted molar refractivity (Wildman–Crippen MR) is 67.8 cm³/mol. The molecule has 0 aliphatic carbocycles. The number of nitrogens with two attached hydrogens (primary N) is 1. The van der Waals surface area contributed by atoms with Gasteiger partial charge in [-0.3, -0.25) is 0 Å². The van der Waals surface area contributed by atoms with E-state index in [0.717, 1.165) is 30.2 Å². The maximum atomic E-state index is 6.18. The Bertz CT molecular complexity index is 395. The van der Waals surface area contributed by atoms with Crippen molar-refractivity contribution < 1.29 is 9.47 Å². The second-order valence-corrected chi connectivity index (χ2v) is 4.60. The van der Waals surface area contributed by atoms with Crippen LogP contribution < -0.4 is 15.2 Å². The number of ether oxygens (including phenoxy) is 2. The van der Waals surface area contributed by atoms with Crippen LogP contribution in [0.2, 0.25) is 0 Å². The summed E-state index contributed by atoms with van der Waals surface area (Å²) in [5, 5.41) is 0. The number of methoxy groups -OCH3 is 2. The van der Waals surface area contributed by atoms with Crippen LogP contribution in [0.4, 0.5) is 0 Å². The Kier molecular flexibility index (Phi) is 3.54. The second kappa shape index (κ2) is 4.94. The Balaban J connectivity index is 2.35. The Morgan fingerprint density at radius 2 is 2.00 bits per heavy atom. The van der Waals surface area contributed by atoms with Gasteiger partial charge in [-0.25, -0.2) is 0 Å². The maximum Gasteiger partial charge on any atom is 0.122 e. The molecule has 1 saturated heterocycles. The van der Waals surface area contributed by atoms with Crippen molar-refractivity contribution in [3.05, 3.63) is 23.8 Å². The monoisotopic (exact) mass is 236 g/mol. The molecule has 2 unspecified atom stereocenters. The third-order valence-corrected chi connectivity index (χ3v) is 3.38. The van der Waals surface area contributed by atoms with Gasteiger partial charge >= 0.3 is 0 Å². The minimum atomic E-state index is 0.154. The molecule has 4 heteroatoms. The molecule has 1 heterocycles. The molecule has 0 bridgehead atoms. The summed E-state index contributed by atoms with van der Waals surface area (Å²) in [4.78, 5) is 2.24. The van der Waals surface area contributed by atoms with Gasteiger partial charge in [-0.15, -0.1) is 0 Å². The standard InChI is InChI=1S/C13H20N2O2/c1-15-7-11(12(14)8-15)10-6-9(16-2)4-5-13(10)17-3/h4-6,11-12H,7-8,14H2,1-3H3. The predicted octanol–water partition coefficient (Wildman–Crippen LogP) is 1.06. The zero-order chi connectivity index (χ0) is 12.4. The first-order valence-electron chi connectivity index (χ1n) is 5.81. The Hall–Kier alpha value is -1.26. The number of nitrogens with zero attached hydrogens (tertiary/aromatic N) is 1. The molecule has 0 amide bonds. The minimum Gasteiger partial charge on any atom is -0.497 e. The average molecular weight is 236 g/mol. The molecule has 17 heavy (non-hydrogen) atoms. The van der Waals surface area contributed by atoms with Gasteiger partial charge in [0.25, 0.3) is 0 Å². The molecule has 0 aromatic heterocycles. The van der Waals surface area contributed by atoms with Gasteiger partial charge in [0, 0.05) is 30.6 Å². The maximum absolute atomic E-state index is 6.18. The van der Waals surface area contributed by atoms with E-state index in [-0.39, 0.29) is 6.04 Å².